The number of amidine groups is 1. The van der Waals surface area contributed by atoms with Gasteiger partial charge in [-0.2, -0.15) is 0 Å². The van der Waals surface area contributed by atoms with Crippen LogP contribution in [-0.4, -0.2) is 17.5 Å². The number of benzene rings is 2. The first kappa shape index (κ1) is 18.3. The van der Waals surface area contributed by atoms with E-state index in [1.807, 2.05) is 48.5 Å². The molecular weight excluding hydrogens is 356 g/mol. The highest BCUT2D eigenvalue weighted by Crippen LogP contribution is 2.33. The minimum atomic E-state index is -0.769. The van der Waals surface area contributed by atoms with Crippen molar-refractivity contribution in [1.29, 1.82) is 0 Å². The monoisotopic (exact) mass is 382 g/mol. The first-order valence-corrected chi connectivity index (χ1v) is 10.3. The highest BCUT2D eigenvalue weighted by atomic mass is 35.5. The maximum Gasteiger partial charge on any atom is 0.149 e. The molecule has 1 fully saturated rings. The van der Waals surface area contributed by atoms with Gasteiger partial charge < -0.3 is 16.4 Å². The van der Waals surface area contributed by atoms with E-state index in [1.165, 1.54) is 38.5 Å². The van der Waals surface area contributed by atoms with E-state index in [0.29, 0.717) is 12.5 Å². The number of aliphatic imine (C=N–C) groups is 1. The highest BCUT2D eigenvalue weighted by Gasteiger charge is 2.36. The van der Waals surface area contributed by atoms with Crippen molar-refractivity contribution in [3.63, 3.8) is 0 Å². The van der Waals surface area contributed by atoms with Crippen LogP contribution in [0.1, 0.15) is 44.1 Å². The van der Waals surface area contributed by atoms with Crippen LogP contribution in [0.15, 0.2) is 53.5 Å². The zero-order chi connectivity index (χ0) is 18.7. The summed E-state index contributed by atoms with van der Waals surface area (Å²) in [4.78, 5) is 4.93. The van der Waals surface area contributed by atoms with Gasteiger partial charge in [0.15, 0.2) is 0 Å². The second kappa shape index (κ2) is 7.91. The van der Waals surface area contributed by atoms with Gasteiger partial charge in [-0.15, -0.1) is 0 Å². The van der Waals surface area contributed by atoms with Gasteiger partial charge >= 0.3 is 0 Å². The van der Waals surface area contributed by atoms with Crippen LogP contribution < -0.4 is 16.4 Å². The van der Waals surface area contributed by atoms with Crippen LogP contribution in [0, 0.1) is 0 Å². The number of fused-ring (bicyclic) bond motifs is 1. The smallest absolute Gasteiger partial charge is 0.149 e. The SMILES string of the molecule is NC1(Cc2ccc(Cl)cc2)Nc2ccccc2N=C1NC1CCCCCC1. The van der Waals surface area contributed by atoms with Gasteiger partial charge in [0.05, 0.1) is 11.4 Å². The maximum absolute atomic E-state index is 6.91. The van der Waals surface area contributed by atoms with Gasteiger partial charge in [-0.1, -0.05) is 61.5 Å². The van der Waals surface area contributed by atoms with E-state index in [0.717, 1.165) is 27.8 Å². The van der Waals surface area contributed by atoms with Crippen LogP contribution >= 0.6 is 11.6 Å². The fourth-order valence-electron chi connectivity index (χ4n) is 4.03. The minimum Gasteiger partial charge on any atom is -0.368 e. The van der Waals surface area contributed by atoms with Crippen LogP contribution in [0.4, 0.5) is 11.4 Å². The summed E-state index contributed by atoms with van der Waals surface area (Å²) in [5.41, 5.74) is 9.18. The number of halogens is 1. The minimum absolute atomic E-state index is 0.437. The summed E-state index contributed by atoms with van der Waals surface area (Å²) in [7, 11) is 0. The number of hydrogen-bond donors (Lipinski definition) is 3. The first-order valence-electron chi connectivity index (χ1n) is 9.89. The van der Waals surface area contributed by atoms with Crippen LogP contribution in [-0.2, 0) is 6.42 Å². The van der Waals surface area contributed by atoms with Gasteiger partial charge in [-0.25, -0.2) is 4.99 Å². The summed E-state index contributed by atoms with van der Waals surface area (Å²) in [5.74, 6) is 0.836. The Balaban J connectivity index is 1.63. The third kappa shape index (κ3) is 4.28. The summed E-state index contributed by atoms with van der Waals surface area (Å²) in [5, 5.41) is 7.97. The molecule has 4 nitrogen and oxygen atoms in total. The molecule has 1 atom stereocenters. The Bertz CT molecular complexity index is 809. The van der Waals surface area contributed by atoms with E-state index < -0.39 is 5.66 Å². The van der Waals surface area contributed by atoms with Gasteiger partial charge in [-0.3, -0.25) is 0 Å². The lowest BCUT2D eigenvalue weighted by atomic mass is 9.95. The fourth-order valence-corrected chi connectivity index (χ4v) is 4.15. The van der Waals surface area contributed by atoms with Crippen LogP contribution in [0.2, 0.25) is 5.02 Å². The summed E-state index contributed by atoms with van der Waals surface area (Å²) in [6.07, 6.45) is 8.18. The molecule has 142 valence electrons. The van der Waals surface area contributed by atoms with Crippen LogP contribution in [0.3, 0.4) is 0 Å². The van der Waals surface area contributed by atoms with E-state index in [1.54, 1.807) is 0 Å². The molecule has 2 aromatic carbocycles. The van der Waals surface area contributed by atoms with Gasteiger partial charge in [0.2, 0.25) is 0 Å². The van der Waals surface area contributed by atoms with Crippen molar-refractivity contribution in [2.75, 3.05) is 5.32 Å². The van der Waals surface area contributed by atoms with Crippen molar-refractivity contribution in [3.8, 4) is 0 Å². The van der Waals surface area contributed by atoms with Crippen LogP contribution in [0.5, 0.6) is 0 Å². The normalized spacial score (nSPS) is 23.0. The standard InChI is InChI=1S/C22H27ClN4/c23-17-13-11-16(12-14-17)15-22(24)21(25-18-7-3-1-2-4-8-18)26-19-9-5-6-10-20(19)27-22/h5-6,9-14,18,27H,1-4,7-8,15,24H2,(H,25,26). The first-order chi connectivity index (χ1) is 13.1. The van der Waals surface area contributed by atoms with E-state index in [4.69, 9.17) is 22.3 Å². The van der Waals surface area contributed by atoms with Gasteiger partial charge in [0, 0.05) is 17.5 Å². The molecule has 0 spiro atoms. The molecule has 1 unspecified atom stereocenters. The van der Waals surface area contributed by atoms with Gasteiger partial charge in [0.25, 0.3) is 0 Å². The van der Waals surface area contributed by atoms with E-state index in [-0.39, 0.29) is 0 Å². The third-order valence-electron chi connectivity index (χ3n) is 5.51. The Kier molecular flexibility index (Phi) is 5.37. The number of hydrogen-bond acceptors (Lipinski definition) is 4. The van der Waals surface area contributed by atoms with E-state index in [9.17, 15) is 0 Å². The van der Waals surface area contributed by atoms with Crippen molar-refractivity contribution in [3.05, 3.63) is 59.1 Å². The number of nitrogens with zero attached hydrogens (tertiary/aromatic N) is 1. The molecule has 4 rings (SSSR count). The molecule has 0 radical (unpaired) electrons. The van der Waals surface area contributed by atoms with Crippen molar-refractivity contribution in [2.45, 2.75) is 56.7 Å². The number of rotatable bonds is 3. The molecular formula is C22H27ClN4. The molecule has 0 aromatic heterocycles. The van der Waals surface area contributed by atoms with Crippen molar-refractivity contribution in [2.24, 2.45) is 10.7 Å². The molecule has 4 N–H and O–H groups in total. The molecule has 1 aliphatic heterocycles. The van der Waals surface area contributed by atoms with Crippen molar-refractivity contribution >= 4 is 28.8 Å². The number of nitrogens with two attached hydrogens (primary N) is 1. The Labute approximate surface area is 166 Å². The molecule has 1 saturated carbocycles. The number of nitrogens with one attached hydrogen (secondary N) is 2. The van der Waals surface area contributed by atoms with E-state index >= 15 is 0 Å². The molecule has 0 amide bonds. The summed E-state index contributed by atoms with van der Waals surface area (Å²) in [6, 6.07) is 16.4. The zero-order valence-corrected chi connectivity index (χ0v) is 16.3. The van der Waals surface area contributed by atoms with Gasteiger partial charge in [0.1, 0.15) is 11.5 Å². The topological polar surface area (TPSA) is 62.4 Å². The molecule has 0 saturated heterocycles. The number of para-hydroxylation sites is 2. The summed E-state index contributed by atoms with van der Waals surface area (Å²) >= 11 is 6.05. The summed E-state index contributed by atoms with van der Waals surface area (Å²) < 4.78 is 0. The lowest BCUT2D eigenvalue weighted by Gasteiger charge is -2.38. The summed E-state index contributed by atoms with van der Waals surface area (Å²) in [6.45, 7) is 0. The molecule has 2 aromatic rings. The molecule has 5 heteroatoms. The Morgan fingerprint density at radius 2 is 1.74 bits per heavy atom. The Morgan fingerprint density at radius 1 is 1.04 bits per heavy atom. The Morgan fingerprint density at radius 3 is 2.48 bits per heavy atom. The predicted molar refractivity (Wildman–Crippen MR) is 114 cm³/mol. The third-order valence-corrected chi connectivity index (χ3v) is 5.76. The quantitative estimate of drug-likeness (QED) is 0.654. The second-order valence-electron chi connectivity index (χ2n) is 7.71. The molecule has 0 bridgehead atoms. The van der Waals surface area contributed by atoms with Gasteiger partial charge in [-0.05, 0) is 42.7 Å². The predicted octanol–water partition coefficient (Wildman–Crippen LogP) is 5.01. The largest absolute Gasteiger partial charge is 0.368 e. The fraction of sp³-hybridized carbons (Fsp3) is 0.409. The number of anilines is 1. The molecule has 1 heterocycles. The lowest BCUT2D eigenvalue weighted by molar-refractivity contribution is 0.504. The zero-order valence-electron chi connectivity index (χ0n) is 15.5. The lowest BCUT2D eigenvalue weighted by Crippen LogP contribution is -2.63. The van der Waals surface area contributed by atoms with E-state index in [2.05, 4.69) is 10.6 Å². The van der Waals surface area contributed by atoms with Crippen LogP contribution in [0.25, 0.3) is 0 Å². The Hall–Kier alpha value is -2.04. The van der Waals surface area contributed by atoms with Crippen molar-refractivity contribution < 1.29 is 0 Å². The van der Waals surface area contributed by atoms with Crippen molar-refractivity contribution in [1.82, 2.24) is 5.32 Å². The molecule has 27 heavy (non-hydrogen) atoms. The molecule has 1 aliphatic carbocycles. The second-order valence-corrected chi connectivity index (χ2v) is 8.15. The maximum atomic E-state index is 6.91. The average Bonchev–Trinajstić information content (AvgIpc) is 2.93. The molecule has 2 aliphatic rings. The average molecular weight is 383 g/mol. The highest BCUT2D eigenvalue weighted by molar-refractivity contribution is 6.30.